The quantitative estimate of drug-likeness (QED) is 0.715. The SMILES string of the molecule is CCCc1oncc1C(=O)NC1CC(=O)N(Cc2cccc3ccccc23)C1. The Hall–Kier alpha value is -3.15. The van der Waals surface area contributed by atoms with Gasteiger partial charge >= 0.3 is 0 Å². The van der Waals surface area contributed by atoms with Crippen LogP contribution in [0.1, 0.15) is 41.4 Å². The van der Waals surface area contributed by atoms with E-state index >= 15 is 0 Å². The van der Waals surface area contributed by atoms with Crippen molar-refractivity contribution in [3.63, 3.8) is 0 Å². The van der Waals surface area contributed by atoms with Gasteiger partial charge < -0.3 is 14.7 Å². The molecule has 1 fully saturated rings. The molecule has 144 valence electrons. The summed E-state index contributed by atoms with van der Waals surface area (Å²) in [7, 11) is 0. The van der Waals surface area contributed by atoms with Gasteiger partial charge in [0.1, 0.15) is 11.3 Å². The molecule has 28 heavy (non-hydrogen) atoms. The van der Waals surface area contributed by atoms with Crippen LogP contribution in [0.25, 0.3) is 10.8 Å². The van der Waals surface area contributed by atoms with Crippen LogP contribution >= 0.6 is 0 Å². The fraction of sp³-hybridized carbons (Fsp3) is 0.318. The number of aryl methyl sites for hydroxylation is 1. The van der Waals surface area contributed by atoms with E-state index in [1.165, 1.54) is 6.20 Å². The van der Waals surface area contributed by atoms with Gasteiger partial charge in [0.15, 0.2) is 0 Å². The van der Waals surface area contributed by atoms with Crippen molar-refractivity contribution in [3.05, 3.63) is 65.5 Å². The van der Waals surface area contributed by atoms with Crippen LogP contribution in [0.2, 0.25) is 0 Å². The molecule has 2 amide bonds. The summed E-state index contributed by atoms with van der Waals surface area (Å²) in [4.78, 5) is 26.9. The summed E-state index contributed by atoms with van der Waals surface area (Å²) >= 11 is 0. The van der Waals surface area contributed by atoms with E-state index in [0.29, 0.717) is 37.3 Å². The number of hydrogen-bond donors (Lipinski definition) is 1. The van der Waals surface area contributed by atoms with Gasteiger partial charge in [0.2, 0.25) is 5.91 Å². The van der Waals surface area contributed by atoms with Crippen LogP contribution in [0.5, 0.6) is 0 Å². The van der Waals surface area contributed by atoms with Crippen molar-refractivity contribution in [3.8, 4) is 0 Å². The molecule has 4 rings (SSSR count). The first-order valence-electron chi connectivity index (χ1n) is 9.64. The third-order valence-corrected chi connectivity index (χ3v) is 5.16. The van der Waals surface area contributed by atoms with Crippen molar-refractivity contribution >= 4 is 22.6 Å². The van der Waals surface area contributed by atoms with Gasteiger partial charge in [0.05, 0.1) is 12.2 Å². The van der Waals surface area contributed by atoms with Crippen LogP contribution in [-0.4, -0.2) is 34.5 Å². The van der Waals surface area contributed by atoms with Crippen molar-refractivity contribution < 1.29 is 14.1 Å². The Morgan fingerprint density at radius 1 is 1.25 bits per heavy atom. The molecule has 1 aliphatic heterocycles. The van der Waals surface area contributed by atoms with Crippen LogP contribution in [0, 0.1) is 0 Å². The maximum absolute atomic E-state index is 12.6. The Morgan fingerprint density at radius 3 is 2.93 bits per heavy atom. The number of aromatic nitrogens is 1. The van der Waals surface area contributed by atoms with E-state index in [1.807, 2.05) is 30.0 Å². The second-order valence-electron chi connectivity index (χ2n) is 7.20. The van der Waals surface area contributed by atoms with Gasteiger partial charge in [-0.25, -0.2) is 0 Å². The number of benzene rings is 2. The van der Waals surface area contributed by atoms with E-state index in [0.717, 1.165) is 22.8 Å². The predicted molar refractivity (Wildman–Crippen MR) is 106 cm³/mol. The molecule has 1 N–H and O–H groups in total. The van der Waals surface area contributed by atoms with Crippen LogP contribution in [0.15, 0.2) is 53.2 Å². The molecule has 1 atom stereocenters. The fourth-order valence-corrected chi connectivity index (χ4v) is 3.78. The Bertz CT molecular complexity index is 1010. The van der Waals surface area contributed by atoms with Gasteiger partial charge in [-0.05, 0) is 22.8 Å². The molecule has 1 saturated heterocycles. The van der Waals surface area contributed by atoms with E-state index < -0.39 is 0 Å². The highest BCUT2D eigenvalue weighted by molar-refractivity contribution is 5.95. The number of carbonyl (C=O) groups is 2. The van der Waals surface area contributed by atoms with Crippen LogP contribution in [-0.2, 0) is 17.8 Å². The molecule has 1 aliphatic rings. The maximum atomic E-state index is 12.6. The molecule has 2 heterocycles. The van der Waals surface area contributed by atoms with Crippen molar-refractivity contribution in [1.82, 2.24) is 15.4 Å². The summed E-state index contributed by atoms with van der Waals surface area (Å²) < 4.78 is 5.16. The lowest BCUT2D eigenvalue weighted by Gasteiger charge is -2.18. The van der Waals surface area contributed by atoms with Crippen molar-refractivity contribution in [2.24, 2.45) is 0 Å². The number of rotatable bonds is 6. The molecule has 0 aliphatic carbocycles. The number of nitrogens with one attached hydrogen (secondary N) is 1. The zero-order valence-electron chi connectivity index (χ0n) is 15.9. The average Bonchev–Trinajstić information content (AvgIpc) is 3.29. The average molecular weight is 377 g/mol. The number of fused-ring (bicyclic) bond motifs is 1. The zero-order chi connectivity index (χ0) is 19.5. The van der Waals surface area contributed by atoms with Crippen LogP contribution in [0.3, 0.4) is 0 Å². The van der Waals surface area contributed by atoms with Crippen LogP contribution in [0.4, 0.5) is 0 Å². The Labute approximate surface area is 163 Å². The second kappa shape index (κ2) is 7.84. The summed E-state index contributed by atoms with van der Waals surface area (Å²) in [6.45, 7) is 3.06. The first-order chi connectivity index (χ1) is 13.7. The minimum Gasteiger partial charge on any atom is -0.361 e. The second-order valence-corrected chi connectivity index (χ2v) is 7.20. The van der Waals surface area contributed by atoms with E-state index in [4.69, 9.17) is 4.52 Å². The monoisotopic (exact) mass is 377 g/mol. The van der Waals surface area contributed by atoms with Crippen molar-refractivity contribution in [1.29, 1.82) is 0 Å². The van der Waals surface area contributed by atoms with Crippen LogP contribution < -0.4 is 5.32 Å². The molecule has 0 radical (unpaired) electrons. The number of amides is 2. The smallest absolute Gasteiger partial charge is 0.256 e. The number of hydrogen-bond acceptors (Lipinski definition) is 4. The topological polar surface area (TPSA) is 75.4 Å². The Morgan fingerprint density at radius 2 is 2.07 bits per heavy atom. The van der Waals surface area contributed by atoms with E-state index in [1.54, 1.807) is 0 Å². The molecule has 0 bridgehead atoms. The number of carbonyl (C=O) groups excluding carboxylic acids is 2. The summed E-state index contributed by atoms with van der Waals surface area (Å²) in [5.41, 5.74) is 1.57. The number of likely N-dealkylation sites (tertiary alicyclic amines) is 1. The van der Waals surface area contributed by atoms with Crippen molar-refractivity contribution in [2.45, 2.75) is 38.8 Å². The highest BCUT2D eigenvalue weighted by Crippen LogP contribution is 2.23. The van der Waals surface area contributed by atoms with Gasteiger partial charge in [0, 0.05) is 25.9 Å². The third-order valence-electron chi connectivity index (χ3n) is 5.16. The van der Waals surface area contributed by atoms with E-state index in [9.17, 15) is 9.59 Å². The fourth-order valence-electron chi connectivity index (χ4n) is 3.78. The maximum Gasteiger partial charge on any atom is 0.256 e. The molecule has 2 aromatic carbocycles. The molecule has 3 aromatic rings. The van der Waals surface area contributed by atoms with Gasteiger partial charge in [0.25, 0.3) is 5.91 Å². The first-order valence-corrected chi connectivity index (χ1v) is 9.64. The summed E-state index contributed by atoms with van der Waals surface area (Å²) in [5, 5.41) is 9.01. The summed E-state index contributed by atoms with van der Waals surface area (Å²) in [6, 6.07) is 14.1. The first kappa shape index (κ1) is 18.2. The lowest BCUT2D eigenvalue weighted by Crippen LogP contribution is -2.37. The molecule has 0 spiro atoms. The standard InChI is InChI=1S/C22H23N3O3/c1-2-6-20-19(12-23-28-20)22(27)24-17-11-21(26)25(14-17)13-16-9-5-8-15-7-3-4-10-18(15)16/h3-5,7-10,12,17H,2,6,11,13-14H2,1H3,(H,24,27). The molecule has 6 heteroatoms. The highest BCUT2D eigenvalue weighted by Gasteiger charge is 2.31. The zero-order valence-corrected chi connectivity index (χ0v) is 15.9. The van der Waals surface area contributed by atoms with Gasteiger partial charge in [-0.3, -0.25) is 9.59 Å². The largest absolute Gasteiger partial charge is 0.361 e. The lowest BCUT2D eigenvalue weighted by molar-refractivity contribution is -0.128. The lowest BCUT2D eigenvalue weighted by atomic mass is 10.0. The van der Waals surface area contributed by atoms with Gasteiger partial charge in [-0.2, -0.15) is 0 Å². The van der Waals surface area contributed by atoms with Gasteiger partial charge in [-0.1, -0.05) is 54.5 Å². The molecular formula is C22H23N3O3. The summed E-state index contributed by atoms with van der Waals surface area (Å²) in [6.07, 6.45) is 3.30. The molecular weight excluding hydrogens is 354 g/mol. The Kier molecular flexibility index (Phi) is 5.10. The number of nitrogens with zero attached hydrogens (tertiary/aromatic N) is 2. The Balaban J connectivity index is 1.44. The molecule has 1 aromatic heterocycles. The minimum absolute atomic E-state index is 0.0531. The van der Waals surface area contributed by atoms with Crippen molar-refractivity contribution in [2.75, 3.05) is 6.54 Å². The normalized spacial score (nSPS) is 16.7. The third kappa shape index (κ3) is 3.63. The highest BCUT2D eigenvalue weighted by atomic mass is 16.5. The minimum atomic E-state index is -0.227. The predicted octanol–water partition coefficient (Wildman–Crippen LogP) is 3.31. The molecule has 6 nitrogen and oxygen atoms in total. The van der Waals surface area contributed by atoms with E-state index in [-0.39, 0.29) is 17.9 Å². The van der Waals surface area contributed by atoms with Gasteiger partial charge in [-0.15, -0.1) is 0 Å². The summed E-state index contributed by atoms with van der Waals surface area (Å²) in [5.74, 6) is 0.420. The van der Waals surface area contributed by atoms with E-state index in [2.05, 4.69) is 34.7 Å². The molecule has 0 saturated carbocycles. The molecule has 1 unspecified atom stereocenters.